The van der Waals surface area contributed by atoms with Gasteiger partial charge in [0.2, 0.25) is 0 Å². The van der Waals surface area contributed by atoms with E-state index < -0.39 is 6.10 Å². The minimum Gasteiger partial charge on any atom is -0.497 e. The molecule has 0 saturated heterocycles. The van der Waals surface area contributed by atoms with Gasteiger partial charge in [-0.15, -0.1) is 0 Å². The van der Waals surface area contributed by atoms with Gasteiger partial charge in [-0.3, -0.25) is 0 Å². The molecule has 1 unspecified atom stereocenters. The van der Waals surface area contributed by atoms with Crippen LogP contribution in [-0.4, -0.2) is 18.8 Å². The topological polar surface area (TPSA) is 38.7 Å². The smallest absolute Gasteiger partial charge is 0.128 e. The van der Waals surface area contributed by atoms with E-state index in [-0.39, 0.29) is 0 Å². The Bertz CT molecular complexity index is 634. The van der Waals surface area contributed by atoms with E-state index in [2.05, 4.69) is 24.3 Å². The Morgan fingerprint density at radius 2 is 2.05 bits per heavy atom. The second-order valence-electron chi connectivity index (χ2n) is 5.49. The Labute approximate surface area is 125 Å². The minimum atomic E-state index is -0.556. The lowest BCUT2D eigenvalue weighted by molar-refractivity contribution is 0.188. The van der Waals surface area contributed by atoms with Gasteiger partial charge < -0.3 is 14.6 Å². The van der Waals surface area contributed by atoms with Gasteiger partial charge in [0, 0.05) is 17.5 Å². The summed E-state index contributed by atoms with van der Waals surface area (Å²) in [6.07, 6.45) is 0.504. The van der Waals surface area contributed by atoms with E-state index in [0.29, 0.717) is 18.3 Å². The lowest BCUT2D eigenvalue weighted by Crippen LogP contribution is -2.23. The molecule has 0 saturated carbocycles. The molecule has 0 radical (unpaired) electrons. The van der Waals surface area contributed by atoms with E-state index in [1.807, 2.05) is 18.2 Å². The summed E-state index contributed by atoms with van der Waals surface area (Å²) < 4.78 is 11.2. The largest absolute Gasteiger partial charge is 0.497 e. The predicted molar refractivity (Wildman–Crippen MR) is 82.0 cm³/mol. The van der Waals surface area contributed by atoms with Gasteiger partial charge in [-0.25, -0.2) is 0 Å². The van der Waals surface area contributed by atoms with Crippen molar-refractivity contribution in [2.75, 3.05) is 13.7 Å². The number of rotatable bonds is 5. The molecule has 3 heteroatoms. The SMILES string of the molecule is COc1ccc([C@@H](C)O)c(OCC2Cc3ccccc32)c1. The van der Waals surface area contributed by atoms with Gasteiger partial charge in [0.25, 0.3) is 0 Å². The number of ether oxygens (including phenoxy) is 2. The zero-order chi connectivity index (χ0) is 14.8. The Balaban J connectivity index is 1.73. The molecule has 110 valence electrons. The lowest BCUT2D eigenvalue weighted by atomic mass is 9.78. The monoisotopic (exact) mass is 284 g/mol. The van der Waals surface area contributed by atoms with Crippen molar-refractivity contribution in [3.63, 3.8) is 0 Å². The molecule has 0 spiro atoms. The third-order valence-electron chi connectivity index (χ3n) is 4.07. The highest BCUT2D eigenvalue weighted by molar-refractivity contribution is 5.43. The fourth-order valence-electron chi connectivity index (χ4n) is 2.81. The van der Waals surface area contributed by atoms with Crippen molar-refractivity contribution in [2.45, 2.75) is 25.4 Å². The lowest BCUT2D eigenvalue weighted by Gasteiger charge is -2.30. The van der Waals surface area contributed by atoms with E-state index in [0.717, 1.165) is 17.7 Å². The summed E-state index contributed by atoms with van der Waals surface area (Å²) in [6, 6.07) is 14.0. The van der Waals surface area contributed by atoms with Crippen LogP contribution >= 0.6 is 0 Å². The van der Waals surface area contributed by atoms with Crippen LogP contribution < -0.4 is 9.47 Å². The first-order valence-corrected chi connectivity index (χ1v) is 7.25. The number of fused-ring (bicyclic) bond motifs is 1. The summed E-state index contributed by atoms with van der Waals surface area (Å²) >= 11 is 0. The van der Waals surface area contributed by atoms with Gasteiger partial charge in [-0.1, -0.05) is 24.3 Å². The van der Waals surface area contributed by atoms with Gasteiger partial charge >= 0.3 is 0 Å². The molecule has 1 N–H and O–H groups in total. The van der Waals surface area contributed by atoms with E-state index >= 15 is 0 Å². The minimum absolute atomic E-state index is 0.439. The maximum Gasteiger partial charge on any atom is 0.128 e. The van der Waals surface area contributed by atoms with E-state index in [1.54, 1.807) is 14.0 Å². The van der Waals surface area contributed by atoms with Gasteiger partial charge in [-0.2, -0.15) is 0 Å². The summed E-state index contributed by atoms with van der Waals surface area (Å²) in [4.78, 5) is 0. The van der Waals surface area contributed by atoms with Crippen LogP contribution in [0.4, 0.5) is 0 Å². The molecule has 2 atom stereocenters. The quantitative estimate of drug-likeness (QED) is 0.913. The Morgan fingerprint density at radius 1 is 1.24 bits per heavy atom. The molecule has 0 aromatic heterocycles. The molecule has 1 aliphatic carbocycles. The van der Waals surface area contributed by atoms with Crippen LogP contribution in [0.15, 0.2) is 42.5 Å². The van der Waals surface area contributed by atoms with Crippen molar-refractivity contribution in [2.24, 2.45) is 0 Å². The van der Waals surface area contributed by atoms with Crippen molar-refractivity contribution in [1.82, 2.24) is 0 Å². The van der Waals surface area contributed by atoms with Gasteiger partial charge in [0.1, 0.15) is 11.5 Å². The zero-order valence-corrected chi connectivity index (χ0v) is 12.4. The number of hydrogen-bond acceptors (Lipinski definition) is 3. The number of methoxy groups -OCH3 is 1. The van der Waals surface area contributed by atoms with Crippen LogP contribution in [0.5, 0.6) is 11.5 Å². The average molecular weight is 284 g/mol. The van der Waals surface area contributed by atoms with Crippen molar-refractivity contribution in [3.8, 4) is 11.5 Å². The molecule has 1 aliphatic rings. The zero-order valence-electron chi connectivity index (χ0n) is 12.4. The molecule has 3 rings (SSSR count). The summed E-state index contributed by atoms with van der Waals surface area (Å²) in [6.45, 7) is 2.37. The molecule has 0 bridgehead atoms. The highest BCUT2D eigenvalue weighted by Crippen LogP contribution is 2.36. The third-order valence-corrected chi connectivity index (χ3v) is 4.07. The first-order valence-electron chi connectivity index (χ1n) is 7.25. The molecule has 2 aromatic rings. The molecule has 2 aromatic carbocycles. The van der Waals surface area contributed by atoms with E-state index in [9.17, 15) is 5.11 Å². The molecule has 0 aliphatic heterocycles. The van der Waals surface area contributed by atoms with Crippen LogP contribution in [0.2, 0.25) is 0 Å². The summed E-state index contributed by atoms with van der Waals surface area (Å²) in [5.74, 6) is 1.88. The van der Waals surface area contributed by atoms with Gasteiger partial charge in [0.05, 0.1) is 19.8 Å². The second-order valence-corrected chi connectivity index (χ2v) is 5.49. The molecular weight excluding hydrogens is 264 g/mol. The van der Waals surface area contributed by atoms with Crippen LogP contribution in [-0.2, 0) is 6.42 Å². The van der Waals surface area contributed by atoms with Gasteiger partial charge in [-0.05, 0) is 36.6 Å². The fraction of sp³-hybridized carbons (Fsp3) is 0.333. The van der Waals surface area contributed by atoms with Gasteiger partial charge in [0.15, 0.2) is 0 Å². The predicted octanol–water partition coefficient (Wildman–Crippen LogP) is 3.47. The maximum absolute atomic E-state index is 9.84. The standard InChI is InChI=1S/C18H20O3/c1-12(19)16-8-7-15(20-2)10-18(16)21-11-14-9-13-5-3-4-6-17(13)14/h3-8,10,12,14,19H,9,11H2,1-2H3/t12-,14?/m1/s1. The highest BCUT2D eigenvalue weighted by Gasteiger charge is 2.26. The number of aliphatic hydroxyl groups is 1. The van der Waals surface area contributed by atoms with Crippen LogP contribution in [0.25, 0.3) is 0 Å². The third kappa shape index (κ3) is 2.74. The first-order chi connectivity index (χ1) is 10.2. The molecule has 21 heavy (non-hydrogen) atoms. The van der Waals surface area contributed by atoms with E-state index in [4.69, 9.17) is 9.47 Å². The van der Waals surface area contributed by atoms with Crippen molar-refractivity contribution < 1.29 is 14.6 Å². The number of benzene rings is 2. The van der Waals surface area contributed by atoms with Crippen molar-refractivity contribution >= 4 is 0 Å². The fourth-order valence-corrected chi connectivity index (χ4v) is 2.81. The molecule has 0 fully saturated rings. The van der Waals surface area contributed by atoms with Crippen LogP contribution in [0.3, 0.4) is 0 Å². The Kier molecular flexibility index (Phi) is 3.84. The molecule has 0 amide bonds. The van der Waals surface area contributed by atoms with Crippen LogP contribution in [0, 0.1) is 0 Å². The number of aliphatic hydroxyl groups excluding tert-OH is 1. The van der Waals surface area contributed by atoms with Crippen LogP contribution in [0.1, 0.15) is 35.6 Å². The molecular formula is C18H20O3. The maximum atomic E-state index is 9.84. The average Bonchev–Trinajstić information content (AvgIpc) is 2.47. The number of hydrogen-bond donors (Lipinski definition) is 1. The van der Waals surface area contributed by atoms with Crippen molar-refractivity contribution in [3.05, 3.63) is 59.2 Å². The van der Waals surface area contributed by atoms with Crippen molar-refractivity contribution in [1.29, 1.82) is 0 Å². The molecule has 3 nitrogen and oxygen atoms in total. The summed E-state index contributed by atoms with van der Waals surface area (Å²) in [5.41, 5.74) is 3.58. The summed E-state index contributed by atoms with van der Waals surface area (Å²) in [7, 11) is 1.63. The Morgan fingerprint density at radius 3 is 2.76 bits per heavy atom. The Hall–Kier alpha value is -2.00. The normalized spacial score (nSPS) is 17.6. The first kappa shape index (κ1) is 14.0. The molecule has 0 heterocycles. The van der Waals surface area contributed by atoms with E-state index in [1.165, 1.54) is 11.1 Å². The summed E-state index contributed by atoms with van der Waals surface area (Å²) in [5, 5.41) is 9.84. The second kappa shape index (κ2) is 5.78. The highest BCUT2D eigenvalue weighted by atomic mass is 16.5.